The van der Waals surface area contributed by atoms with Crippen LogP contribution in [0.1, 0.15) is 69.3 Å². The lowest BCUT2D eigenvalue weighted by Gasteiger charge is -2.37. The van der Waals surface area contributed by atoms with Gasteiger partial charge in [-0.2, -0.15) is 0 Å². The molecule has 0 heterocycles. The molecule has 0 aliphatic heterocycles. The van der Waals surface area contributed by atoms with E-state index in [0.29, 0.717) is 11.8 Å². The van der Waals surface area contributed by atoms with E-state index in [1.165, 1.54) is 56.9 Å². The third kappa shape index (κ3) is 5.34. The molecular weight excluding hydrogens is 332 g/mol. The van der Waals surface area contributed by atoms with Crippen molar-refractivity contribution in [2.45, 2.75) is 63.7 Å². The number of carbonyl (C=O) groups is 1. The zero-order valence-corrected chi connectivity index (χ0v) is 15.6. The highest BCUT2D eigenvalue weighted by Gasteiger charge is 2.30. The second-order valence-electron chi connectivity index (χ2n) is 7.86. The minimum absolute atomic E-state index is 0.161. The number of aliphatic carboxylic acids is 1. The summed E-state index contributed by atoms with van der Waals surface area (Å²) in [6, 6.07) is 8.42. The van der Waals surface area contributed by atoms with E-state index in [4.69, 9.17) is 16.7 Å². The molecule has 2 saturated carbocycles. The molecule has 0 atom stereocenters. The predicted molar refractivity (Wildman–Crippen MR) is 103 cm³/mol. The SMILES string of the molecule is O=C(O)CC=C[C@H]1CC[C@H]([C@H]2CC[C@H](c3ccc(Cl)cc3)CC2)CC1. The summed E-state index contributed by atoms with van der Waals surface area (Å²) in [5, 5.41) is 9.54. The molecule has 0 saturated heterocycles. The maximum Gasteiger partial charge on any atom is 0.307 e. The van der Waals surface area contributed by atoms with E-state index in [1.807, 2.05) is 18.2 Å². The van der Waals surface area contributed by atoms with Gasteiger partial charge < -0.3 is 5.11 Å². The Bertz CT molecular complexity index is 577. The Hall–Kier alpha value is -1.28. The molecule has 0 spiro atoms. The van der Waals surface area contributed by atoms with Crippen molar-refractivity contribution in [1.29, 1.82) is 0 Å². The Labute approximate surface area is 156 Å². The number of hydrogen-bond acceptors (Lipinski definition) is 1. The molecule has 136 valence electrons. The zero-order valence-electron chi connectivity index (χ0n) is 14.9. The highest BCUT2D eigenvalue weighted by atomic mass is 35.5. The summed E-state index contributed by atoms with van der Waals surface area (Å²) in [6.45, 7) is 0. The van der Waals surface area contributed by atoms with Crippen LogP contribution in [0.5, 0.6) is 0 Å². The van der Waals surface area contributed by atoms with Gasteiger partial charge in [0.1, 0.15) is 0 Å². The van der Waals surface area contributed by atoms with Gasteiger partial charge in [-0.25, -0.2) is 0 Å². The van der Waals surface area contributed by atoms with Crippen LogP contribution in [0.3, 0.4) is 0 Å². The van der Waals surface area contributed by atoms with Crippen LogP contribution < -0.4 is 0 Å². The average molecular weight is 361 g/mol. The summed E-state index contributed by atoms with van der Waals surface area (Å²) in [5.74, 6) is 2.36. The fraction of sp³-hybridized carbons (Fsp3) is 0.591. The second kappa shape index (κ2) is 8.89. The van der Waals surface area contributed by atoms with E-state index in [9.17, 15) is 4.79 Å². The third-order valence-electron chi connectivity index (χ3n) is 6.30. The van der Waals surface area contributed by atoms with Crippen molar-refractivity contribution >= 4 is 17.6 Å². The van der Waals surface area contributed by atoms with E-state index in [2.05, 4.69) is 18.2 Å². The molecule has 2 nitrogen and oxygen atoms in total. The molecule has 0 amide bonds. The maximum absolute atomic E-state index is 10.6. The summed E-state index contributed by atoms with van der Waals surface area (Å²) in [5.41, 5.74) is 1.45. The van der Waals surface area contributed by atoms with E-state index in [-0.39, 0.29) is 6.42 Å². The summed E-state index contributed by atoms with van der Waals surface area (Å²) in [6.07, 6.45) is 14.6. The van der Waals surface area contributed by atoms with Gasteiger partial charge in [-0.15, -0.1) is 0 Å². The molecule has 2 fully saturated rings. The molecule has 0 radical (unpaired) electrons. The molecule has 1 aromatic rings. The van der Waals surface area contributed by atoms with Crippen molar-refractivity contribution in [1.82, 2.24) is 0 Å². The van der Waals surface area contributed by atoms with Gasteiger partial charge in [0, 0.05) is 5.02 Å². The first-order chi connectivity index (χ1) is 12.1. The predicted octanol–water partition coefficient (Wildman–Crippen LogP) is 6.45. The van der Waals surface area contributed by atoms with Gasteiger partial charge in [-0.05, 0) is 92.7 Å². The third-order valence-corrected chi connectivity index (χ3v) is 6.55. The lowest BCUT2D eigenvalue weighted by molar-refractivity contribution is -0.136. The molecule has 1 aromatic carbocycles. The average Bonchev–Trinajstić information content (AvgIpc) is 2.63. The Balaban J connectivity index is 1.42. The van der Waals surface area contributed by atoms with Gasteiger partial charge in [0.2, 0.25) is 0 Å². The highest BCUT2D eigenvalue weighted by Crippen LogP contribution is 2.44. The first-order valence-corrected chi connectivity index (χ1v) is 10.1. The summed E-state index contributed by atoms with van der Waals surface area (Å²) < 4.78 is 0. The van der Waals surface area contributed by atoms with Crippen molar-refractivity contribution in [2.75, 3.05) is 0 Å². The van der Waals surface area contributed by atoms with E-state index in [1.54, 1.807) is 0 Å². The van der Waals surface area contributed by atoms with Crippen LogP contribution in [-0.4, -0.2) is 11.1 Å². The normalized spacial score (nSPS) is 30.4. The largest absolute Gasteiger partial charge is 0.481 e. The summed E-state index contributed by atoms with van der Waals surface area (Å²) >= 11 is 6.00. The summed E-state index contributed by atoms with van der Waals surface area (Å²) in [4.78, 5) is 10.6. The van der Waals surface area contributed by atoms with Crippen molar-refractivity contribution in [2.24, 2.45) is 17.8 Å². The van der Waals surface area contributed by atoms with Crippen LogP contribution in [0.4, 0.5) is 0 Å². The van der Waals surface area contributed by atoms with E-state index < -0.39 is 5.97 Å². The van der Waals surface area contributed by atoms with E-state index >= 15 is 0 Å². The number of carboxylic acid groups (broad SMARTS) is 1. The van der Waals surface area contributed by atoms with Crippen LogP contribution in [-0.2, 0) is 4.79 Å². The minimum Gasteiger partial charge on any atom is -0.481 e. The standard InChI is InChI=1S/C22H29ClO2/c23-21-14-12-20(13-15-21)19-10-8-18(9-11-19)17-6-4-16(5-7-17)2-1-3-22(24)25/h1-2,12-19H,3-11H2,(H,24,25)/t16-,17-,18-,19-. The Morgan fingerprint density at radius 3 is 2.08 bits per heavy atom. The molecule has 1 N–H and O–H groups in total. The van der Waals surface area contributed by atoms with Crippen molar-refractivity contribution in [3.63, 3.8) is 0 Å². The lowest BCUT2D eigenvalue weighted by Crippen LogP contribution is -2.25. The lowest BCUT2D eigenvalue weighted by atomic mass is 9.68. The number of halogens is 1. The number of carboxylic acids is 1. The fourth-order valence-electron chi connectivity index (χ4n) is 4.83. The van der Waals surface area contributed by atoms with Gasteiger partial charge in [-0.3, -0.25) is 4.79 Å². The maximum atomic E-state index is 10.6. The fourth-order valence-corrected chi connectivity index (χ4v) is 4.96. The van der Waals surface area contributed by atoms with Crippen molar-refractivity contribution < 1.29 is 9.90 Å². The number of benzene rings is 1. The quantitative estimate of drug-likeness (QED) is 0.612. The second-order valence-corrected chi connectivity index (χ2v) is 8.30. The van der Waals surface area contributed by atoms with Gasteiger partial charge >= 0.3 is 5.97 Å². The first-order valence-electron chi connectivity index (χ1n) is 9.75. The number of rotatable bonds is 5. The molecule has 2 aliphatic rings. The topological polar surface area (TPSA) is 37.3 Å². The Kier molecular flexibility index (Phi) is 6.58. The van der Waals surface area contributed by atoms with Gasteiger partial charge in [0.25, 0.3) is 0 Å². The molecule has 3 rings (SSSR count). The van der Waals surface area contributed by atoms with E-state index in [0.717, 1.165) is 16.9 Å². The van der Waals surface area contributed by atoms with Gasteiger partial charge in [0.05, 0.1) is 6.42 Å². The monoisotopic (exact) mass is 360 g/mol. The zero-order chi connectivity index (χ0) is 17.6. The molecule has 25 heavy (non-hydrogen) atoms. The minimum atomic E-state index is -0.734. The highest BCUT2D eigenvalue weighted by molar-refractivity contribution is 6.30. The van der Waals surface area contributed by atoms with Crippen molar-refractivity contribution in [3.05, 3.63) is 47.0 Å². The molecule has 0 unspecified atom stereocenters. The van der Waals surface area contributed by atoms with Crippen LogP contribution in [0, 0.1) is 17.8 Å². The van der Waals surface area contributed by atoms with Crippen LogP contribution in [0.25, 0.3) is 0 Å². The molecular formula is C22H29ClO2. The number of hydrogen-bond donors (Lipinski definition) is 1. The molecule has 0 aromatic heterocycles. The van der Waals surface area contributed by atoms with Gasteiger partial charge in [-0.1, -0.05) is 35.9 Å². The Morgan fingerprint density at radius 1 is 0.960 bits per heavy atom. The summed E-state index contributed by atoms with van der Waals surface area (Å²) in [7, 11) is 0. The van der Waals surface area contributed by atoms with Gasteiger partial charge in [0.15, 0.2) is 0 Å². The van der Waals surface area contributed by atoms with Crippen LogP contribution in [0.15, 0.2) is 36.4 Å². The Morgan fingerprint density at radius 2 is 1.52 bits per heavy atom. The number of allylic oxidation sites excluding steroid dienone is 1. The molecule has 0 bridgehead atoms. The van der Waals surface area contributed by atoms with Crippen LogP contribution in [0.2, 0.25) is 5.02 Å². The molecule has 2 aliphatic carbocycles. The first kappa shape index (κ1) is 18.5. The smallest absolute Gasteiger partial charge is 0.307 e. The van der Waals surface area contributed by atoms with Crippen LogP contribution >= 0.6 is 11.6 Å². The van der Waals surface area contributed by atoms with Crippen molar-refractivity contribution in [3.8, 4) is 0 Å². The molecule has 3 heteroatoms.